The van der Waals surface area contributed by atoms with E-state index in [9.17, 15) is 0 Å². The third kappa shape index (κ3) is 3.69. The fourth-order valence-electron chi connectivity index (χ4n) is 3.94. The maximum absolute atomic E-state index is 5.37. The third-order valence-corrected chi connectivity index (χ3v) is 5.45. The topological polar surface area (TPSA) is 54.2 Å². The van der Waals surface area contributed by atoms with E-state index in [1.165, 1.54) is 57.9 Å². The van der Waals surface area contributed by atoms with E-state index in [4.69, 9.17) is 4.52 Å². The van der Waals surface area contributed by atoms with E-state index in [-0.39, 0.29) is 0 Å². The minimum Gasteiger partial charge on any atom is -0.339 e. The van der Waals surface area contributed by atoms with Gasteiger partial charge in [0.05, 0.1) is 6.54 Å². The van der Waals surface area contributed by atoms with Crippen LogP contribution >= 0.6 is 0 Å². The highest BCUT2D eigenvalue weighted by Crippen LogP contribution is 2.38. The van der Waals surface area contributed by atoms with E-state index < -0.39 is 0 Å². The summed E-state index contributed by atoms with van der Waals surface area (Å²) in [6.45, 7) is 4.35. The van der Waals surface area contributed by atoms with Gasteiger partial charge in [0.15, 0.2) is 5.82 Å². The summed E-state index contributed by atoms with van der Waals surface area (Å²) in [5, 5.41) is 7.96. The largest absolute Gasteiger partial charge is 0.339 e. The Labute approximate surface area is 132 Å². The van der Waals surface area contributed by atoms with Crippen LogP contribution in [0.5, 0.6) is 0 Å². The Kier molecular flexibility index (Phi) is 4.44. The zero-order valence-corrected chi connectivity index (χ0v) is 13.5. The van der Waals surface area contributed by atoms with Crippen LogP contribution in [0.3, 0.4) is 0 Å². The molecule has 3 aliphatic rings. The predicted molar refractivity (Wildman–Crippen MR) is 84.5 cm³/mol. The predicted octanol–water partition coefficient (Wildman–Crippen LogP) is 2.69. The molecule has 22 heavy (non-hydrogen) atoms. The summed E-state index contributed by atoms with van der Waals surface area (Å²) in [6.07, 6.45) is 10.7. The van der Waals surface area contributed by atoms with Gasteiger partial charge >= 0.3 is 0 Å². The van der Waals surface area contributed by atoms with E-state index in [1.807, 2.05) is 0 Å². The van der Waals surface area contributed by atoms with Gasteiger partial charge in [0.25, 0.3) is 0 Å². The second kappa shape index (κ2) is 6.67. The SMILES string of the molecule is C1CCC(CN[C@H]2CCCN(Cc3noc(C4CC4)n3)C2)C1. The van der Waals surface area contributed by atoms with Gasteiger partial charge in [-0.15, -0.1) is 0 Å². The van der Waals surface area contributed by atoms with Crippen molar-refractivity contribution in [1.29, 1.82) is 0 Å². The summed E-state index contributed by atoms with van der Waals surface area (Å²) in [4.78, 5) is 7.04. The summed E-state index contributed by atoms with van der Waals surface area (Å²) < 4.78 is 5.37. The monoisotopic (exact) mass is 304 g/mol. The first-order valence-electron chi connectivity index (χ1n) is 9.15. The van der Waals surface area contributed by atoms with Crippen molar-refractivity contribution in [2.75, 3.05) is 19.6 Å². The number of piperidine rings is 1. The molecule has 2 heterocycles. The lowest BCUT2D eigenvalue weighted by molar-refractivity contribution is 0.175. The van der Waals surface area contributed by atoms with Crippen molar-refractivity contribution in [3.63, 3.8) is 0 Å². The lowest BCUT2D eigenvalue weighted by Crippen LogP contribution is -2.46. The molecule has 3 fully saturated rings. The second-order valence-electron chi connectivity index (χ2n) is 7.46. The van der Waals surface area contributed by atoms with Crippen molar-refractivity contribution in [3.05, 3.63) is 11.7 Å². The van der Waals surface area contributed by atoms with Crippen molar-refractivity contribution in [2.45, 2.75) is 69.9 Å². The molecule has 0 radical (unpaired) electrons. The van der Waals surface area contributed by atoms with Crippen LogP contribution in [0.1, 0.15) is 69.0 Å². The molecule has 1 saturated heterocycles. The Morgan fingerprint density at radius 2 is 1.95 bits per heavy atom. The molecule has 5 nitrogen and oxygen atoms in total. The van der Waals surface area contributed by atoms with Gasteiger partial charge in [-0.1, -0.05) is 18.0 Å². The summed E-state index contributed by atoms with van der Waals surface area (Å²) in [6, 6.07) is 0.643. The Morgan fingerprint density at radius 3 is 2.77 bits per heavy atom. The maximum atomic E-state index is 5.37. The highest BCUT2D eigenvalue weighted by atomic mass is 16.5. The number of rotatable bonds is 6. The van der Waals surface area contributed by atoms with E-state index in [2.05, 4.69) is 20.4 Å². The van der Waals surface area contributed by atoms with Crippen LogP contribution in [-0.4, -0.2) is 40.7 Å². The smallest absolute Gasteiger partial charge is 0.229 e. The quantitative estimate of drug-likeness (QED) is 0.875. The van der Waals surface area contributed by atoms with Crippen LogP contribution < -0.4 is 5.32 Å². The molecular weight excluding hydrogens is 276 g/mol. The number of aromatic nitrogens is 2. The number of nitrogens with one attached hydrogen (secondary N) is 1. The summed E-state index contributed by atoms with van der Waals surface area (Å²) in [7, 11) is 0. The van der Waals surface area contributed by atoms with E-state index in [1.54, 1.807) is 0 Å². The Hall–Kier alpha value is -0.940. The molecule has 5 heteroatoms. The normalized spacial score (nSPS) is 27.5. The van der Waals surface area contributed by atoms with Crippen LogP contribution in [-0.2, 0) is 6.54 Å². The summed E-state index contributed by atoms with van der Waals surface area (Å²) in [5.74, 6) is 3.22. The van der Waals surface area contributed by atoms with Gasteiger partial charge in [0.1, 0.15) is 0 Å². The van der Waals surface area contributed by atoms with Crippen molar-refractivity contribution in [3.8, 4) is 0 Å². The first kappa shape index (κ1) is 14.6. The standard InChI is InChI=1S/C17H28N4O/c1-2-5-13(4-1)10-18-15-6-3-9-21(11-15)12-16-19-17(22-20-16)14-7-8-14/h13-15,18H,1-12H2/t15-/m0/s1. The molecule has 0 unspecified atom stereocenters. The molecular formula is C17H28N4O. The van der Waals surface area contributed by atoms with Crippen molar-refractivity contribution in [1.82, 2.24) is 20.4 Å². The van der Waals surface area contributed by atoms with Crippen molar-refractivity contribution < 1.29 is 4.52 Å². The highest BCUT2D eigenvalue weighted by Gasteiger charge is 2.30. The van der Waals surface area contributed by atoms with Gasteiger partial charge in [0.2, 0.25) is 5.89 Å². The number of likely N-dealkylation sites (tertiary alicyclic amines) is 1. The molecule has 4 rings (SSSR count). The second-order valence-corrected chi connectivity index (χ2v) is 7.46. The highest BCUT2D eigenvalue weighted by molar-refractivity contribution is 5.01. The van der Waals surface area contributed by atoms with Gasteiger partial charge in [-0.2, -0.15) is 4.98 Å². The molecule has 0 bridgehead atoms. The van der Waals surface area contributed by atoms with Crippen molar-refractivity contribution in [2.24, 2.45) is 5.92 Å². The maximum Gasteiger partial charge on any atom is 0.229 e. The number of hydrogen-bond donors (Lipinski definition) is 1. The van der Waals surface area contributed by atoms with Crippen LogP contribution in [0.4, 0.5) is 0 Å². The van der Waals surface area contributed by atoms with Gasteiger partial charge in [-0.05, 0) is 57.5 Å². The molecule has 1 N–H and O–H groups in total. The molecule has 1 aromatic heterocycles. The minimum absolute atomic E-state index is 0.559. The third-order valence-electron chi connectivity index (χ3n) is 5.45. The van der Waals surface area contributed by atoms with Crippen LogP contribution in [0, 0.1) is 5.92 Å². The number of nitrogens with zero attached hydrogens (tertiary/aromatic N) is 3. The molecule has 1 aromatic rings. The minimum atomic E-state index is 0.559. The molecule has 0 amide bonds. The molecule has 2 saturated carbocycles. The Morgan fingerprint density at radius 1 is 1.09 bits per heavy atom. The zero-order valence-electron chi connectivity index (χ0n) is 13.5. The van der Waals surface area contributed by atoms with Gasteiger partial charge in [-0.3, -0.25) is 4.90 Å². The lowest BCUT2D eigenvalue weighted by atomic mass is 10.0. The van der Waals surface area contributed by atoms with Crippen molar-refractivity contribution >= 4 is 0 Å². The molecule has 122 valence electrons. The van der Waals surface area contributed by atoms with E-state index in [0.29, 0.717) is 12.0 Å². The Bertz CT molecular complexity index is 479. The average Bonchev–Trinajstić information content (AvgIpc) is 3.06. The molecule has 0 aromatic carbocycles. The molecule has 2 aliphatic carbocycles. The van der Waals surface area contributed by atoms with E-state index in [0.717, 1.165) is 37.3 Å². The number of hydrogen-bond acceptors (Lipinski definition) is 5. The Balaban J connectivity index is 1.24. The fraction of sp³-hybridized carbons (Fsp3) is 0.882. The molecule has 0 spiro atoms. The summed E-state index contributed by atoms with van der Waals surface area (Å²) >= 11 is 0. The van der Waals surface area contributed by atoms with Gasteiger partial charge < -0.3 is 9.84 Å². The fourth-order valence-corrected chi connectivity index (χ4v) is 3.94. The first-order valence-corrected chi connectivity index (χ1v) is 9.15. The van der Waals surface area contributed by atoms with Crippen LogP contribution in [0.2, 0.25) is 0 Å². The van der Waals surface area contributed by atoms with Crippen LogP contribution in [0.15, 0.2) is 4.52 Å². The van der Waals surface area contributed by atoms with Gasteiger partial charge in [-0.25, -0.2) is 0 Å². The zero-order chi connectivity index (χ0) is 14.8. The lowest BCUT2D eigenvalue weighted by Gasteiger charge is -2.33. The molecule has 1 atom stereocenters. The summed E-state index contributed by atoms with van der Waals surface area (Å²) in [5.41, 5.74) is 0. The first-order chi connectivity index (χ1) is 10.9. The average molecular weight is 304 g/mol. The van der Waals surface area contributed by atoms with Crippen LogP contribution in [0.25, 0.3) is 0 Å². The molecule has 1 aliphatic heterocycles. The van der Waals surface area contributed by atoms with Gasteiger partial charge in [0, 0.05) is 18.5 Å². The van der Waals surface area contributed by atoms with E-state index >= 15 is 0 Å².